The van der Waals surface area contributed by atoms with E-state index in [1.54, 1.807) is 19.2 Å². The summed E-state index contributed by atoms with van der Waals surface area (Å²) in [5.74, 6) is 0.625. The number of ether oxygens (including phenoxy) is 3. The summed E-state index contributed by atoms with van der Waals surface area (Å²) in [5.41, 5.74) is 1.53. The zero-order valence-corrected chi connectivity index (χ0v) is 13.8. The van der Waals surface area contributed by atoms with E-state index in [1.165, 1.54) is 12.1 Å². The standard InChI is InChI=1S/C19H20O6/c1-23-8-2-3-12-4-7-16-17(9-12)24-18(11-20)19(25-16)13-5-6-14(21)15(22)10-13/h2-7,9-10,18-22H,8,11H2,1H3/b3-2-. The summed E-state index contributed by atoms with van der Waals surface area (Å²) in [5, 5.41) is 28.8. The lowest BCUT2D eigenvalue weighted by atomic mass is 10.0. The minimum atomic E-state index is -0.630. The van der Waals surface area contributed by atoms with Crippen LogP contribution in [0.15, 0.2) is 42.5 Å². The molecule has 2 aromatic carbocycles. The molecule has 6 nitrogen and oxygen atoms in total. The molecule has 0 spiro atoms. The van der Waals surface area contributed by atoms with Gasteiger partial charge in [-0.3, -0.25) is 0 Å². The van der Waals surface area contributed by atoms with Crippen LogP contribution in [-0.2, 0) is 4.74 Å². The molecule has 3 rings (SSSR count). The molecule has 0 saturated carbocycles. The van der Waals surface area contributed by atoms with Crippen LogP contribution in [0.5, 0.6) is 23.0 Å². The molecule has 0 fully saturated rings. The van der Waals surface area contributed by atoms with Crippen LogP contribution in [0, 0.1) is 0 Å². The maximum Gasteiger partial charge on any atom is 0.163 e. The van der Waals surface area contributed by atoms with Crippen molar-refractivity contribution in [2.75, 3.05) is 20.3 Å². The molecule has 2 aromatic rings. The minimum absolute atomic E-state index is 0.214. The molecule has 0 aliphatic carbocycles. The van der Waals surface area contributed by atoms with Gasteiger partial charge >= 0.3 is 0 Å². The summed E-state index contributed by atoms with van der Waals surface area (Å²) in [6, 6.07) is 9.91. The molecule has 1 aliphatic heterocycles. The molecule has 0 bridgehead atoms. The number of phenols is 2. The van der Waals surface area contributed by atoms with Gasteiger partial charge < -0.3 is 29.5 Å². The van der Waals surface area contributed by atoms with Crippen molar-refractivity contribution in [3.8, 4) is 23.0 Å². The van der Waals surface area contributed by atoms with Crippen LogP contribution in [-0.4, -0.2) is 41.7 Å². The molecule has 1 heterocycles. The predicted molar refractivity (Wildman–Crippen MR) is 92.0 cm³/mol. The van der Waals surface area contributed by atoms with Gasteiger partial charge in [0, 0.05) is 12.7 Å². The number of aromatic hydroxyl groups is 2. The Labute approximate surface area is 145 Å². The Hall–Kier alpha value is -2.70. The number of methoxy groups -OCH3 is 1. The average Bonchev–Trinajstić information content (AvgIpc) is 2.63. The molecule has 2 unspecified atom stereocenters. The van der Waals surface area contributed by atoms with Crippen LogP contribution < -0.4 is 9.47 Å². The molecule has 3 N–H and O–H groups in total. The first-order chi connectivity index (χ1) is 12.1. The molecular formula is C19H20O6. The van der Waals surface area contributed by atoms with Crippen LogP contribution in [0.25, 0.3) is 6.08 Å². The van der Waals surface area contributed by atoms with Gasteiger partial charge in [-0.25, -0.2) is 0 Å². The van der Waals surface area contributed by atoms with Crippen molar-refractivity contribution in [3.05, 3.63) is 53.6 Å². The smallest absolute Gasteiger partial charge is 0.163 e. The summed E-state index contributed by atoms with van der Waals surface area (Å²) in [4.78, 5) is 0. The number of rotatable bonds is 5. The van der Waals surface area contributed by atoms with Gasteiger partial charge in [-0.15, -0.1) is 0 Å². The monoisotopic (exact) mass is 344 g/mol. The molecule has 2 atom stereocenters. The van der Waals surface area contributed by atoms with E-state index in [-0.39, 0.29) is 18.1 Å². The van der Waals surface area contributed by atoms with Gasteiger partial charge in [0.1, 0.15) is 0 Å². The maximum absolute atomic E-state index is 9.70. The van der Waals surface area contributed by atoms with E-state index in [4.69, 9.17) is 14.2 Å². The number of phenolic OH excluding ortho intramolecular Hbond substituents is 2. The van der Waals surface area contributed by atoms with Gasteiger partial charge in [0.25, 0.3) is 0 Å². The van der Waals surface area contributed by atoms with E-state index in [9.17, 15) is 15.3 Å². The first kappa shape index (κ1) is 17.1. The van der Waals surface area contributed by atoms with Crippen molar-refractivity contribution < 1.29 is 29.5 Å². The van der Waals surface area contributed by atoms with E-state index in [0.29, 0.717) is 23.7 Å². The Morgan fingerprint density at radius 1 is 1.04 bits per heavy atom. The Morgan fingerprint density at radius 2 is 1.88 bits per heavy atom. The van der Waals surface area contributed by atoms with Gasteiger partial charge in [0.15, 0.2) is 35.2 Å². The van der Waals surface area contributed by atoms with Gasteiger partial charge in [0.05, 0.1) is 13.2 Å². The van der Waals surface area contributed by atoms with Gasteiger partial charge in [-0.2, -0.15) is 0 Å². The molecule has 25 heavy (non-hydrogen) atoms. The number of hydrogen-bond donors (Lipinski definition) is 3. The third-order valence-corrected chi connectivity index (χ3v) is 3.92. The number of aliphatic hydroxyl groups is 1. The first-order valence-corrected chi connectivity index (χ1v) is 7.88. The fourth-order valence-corrected chi connectivity index (χ4v) is 2.67. The van der Waals surface area contributed by atoms with Gasteiger partial charge in [0.2, 0.25) is 0 Å². The van der Waals surface area contributed by atoms with Crippen molar-refractivity contribution in [1.82, 2.24) is 0 Å². The summed E-state index contributed by atoms with van der Waals surface area (Å²) < 4.78 is 16.8. The highest BCUT2D eigenvalue weighted by atomic mass is 16.6. The predicted octanol–water partition coefficient (Wildman–Crippen LogP) is 2.63. The normalized spacial score (nSPS) is 19.3. The Bertz CT molecular complexity index is 771. The summed E-state index contributed by atoms with van der Waals surface area (Å²) >= 11 is 0. The zero-order chi connectivity index (χ0) is 17.8. The fraction of sp³-hybridized carbons (Fsp3) is 0.263. The van der Waals surface area contributed by atoms with E-state index >= 15 is 0 Å². The molecule has 0 saturated heterocycles. The highest BCUT2D eigenvalue weighted by molar-refractivity contribution is 5.56. The first-order valence-electron chi connectivity index (χ1n) is 7.88. The molecule has 6 heteroatoms. The van der Waals surface area contributed by atoms with Crippen molar-refractivity contribution in [3.63, 3.8) is 0 Å². The average molecular weight is 344 g/mol. The lowest BCUT2D eigenvalue weighted by Gasteiger charge is -2.33. The Morgan fingerprint density at radius 3 is 2.60 bits per heavy atom. The van der Waals surface area contributed by atoms with Crippen LogP contribution in [0.4, 0.5) is 0 Å². The number of aliphatic hydroxyl groups excluding tert-OH is 1. The maximum atomic E-state index is 9.70. The van der Waals surface area contributed by atoms with Crippen molar-refractivity contribution in [2.24, 2.45) is 0 Å². The van der Waals surface area contributed by atoms with Gasteiger partial charge in [-0.05, 0) is 29.8 Å². The van der Waals surface area contributed by atoms with E-state index in [0.717, 1.165) is 5.56 Å². The second-order valence-corrected chi connectivity index (χ2v) is 5.69. The SMILES string of the molecule is COC/C=C\c1ccc2c(c1)OC(CO)C(c1ccc(O)c(O)c1)O2. The van der Waals surface area contributed by atoms with E-state index in [2.05, 4.69) is 0 Å². The highest BCUT2D eigenvalue weighted by Gasteiger charge is 2.33. The topological polar surface area (TPSA) is 88.4 Å². The largest absolute Gasteiger partial charge is 0.504 e. The number of hydrogen-bond acceptors (Lipinski definition) is 6. The highest BCUT2D eigenvalue weighted by Crippen LogP contribution is 2.41. The summed E-state index contributed by atoms with van der Waals surface area (Å²) in [6.07, 6.45) is 2.57. The quantitative estimate of drug-likeness (QED) is 0.723. The van der Waals surface area contributed by atoms with Gasteiger partial charge in [-0.1, -0.05) is 24.3 Å². The van der Waals surface area contributed by atoms with Crippen LogP contribution in [0.3, 0.4) is 0 Å². The summed E-state index contributed by atoms with van der Waals surface area (Å²) in [7, 11) is 1.63. The van der Waals surface area contributed by atoms with Crippen LogP contribution in [0.1, 0.15) is 17.2 Å². The summed E-state index contributed by atoms with van der Waals surface area (Å²) in [6.45, 7) is 0.260. The Kier molecular flexibility index (Phi) is 5.11. The van der Waals surface area contributed by atoms with Crippen LogP contribution >= 0.6 is 0 Å². The minimum Gasteiger partial charge on any atom is -0.504 e. The van der Waals surface area contributed by atoms with E-state index in [1.807, 2.05) is 24.3 Å². The third kappa shape index (κ3) is 3.70. The number of fused-ring (bicyclic) bond motifs is 1. The van der Waals surface area contributed by atoms with Crippen molar-refractivity contribution >= 4 is 6.08 Å². The fourth-order valence-electron chi connectivity index (χ4n) is 2.67. The molecule has 0 radical (unpaired) electrons. The second kappa shape index (κ2) is 7.46. The second-order valence-electron chi connectivity index (χ2n) is 5.69. The Balaban J connectivity index is 1.87. The molecule has 0 amide bonds. The third-order valence-electron chi connectivity index (χ3n) is 3.92. The molecule has 0 aromatic heterocycles. The van der Waals surface area contributed by atoms with E-state index < -0.39 is 12.2 Å². The lowest BCUT2D eigenvalue weighted by Crippen LogP contribution is -2.36. The van der Waals surface area contributed by atoms with Crippen molar-refractivity contribution in [2.45, 2.75) is 12.2 Å². The molecular weight excluding hydrogens is 324 g/mol. The lowest BCUT2D eigenvalue weighted by molar-refractivity contribution is -0.0124. The molecule has 1 aliphatic rings. The molecule has 132 valence electrons. The van der Waals surface area contributed by atoms with Crippen molar-refractivity contribution in [1.29, 1.82) is 0 Å². The zero-order valence-electron chi connectivity index (χ0n) is 13.8. The van der Waals surface area contributed by atoms with Crippen LogP contribution in [0.2, 0.25) is 0 Å². The number of benzene rings is 2.